The summed E-state index contributed by atoms with van der Waals surface area (Å²) in [7, 11) is 0. The zero-order valence-corrected chi connectivity index (χ0v) is 22.4. The number of hydrogen-bond donors (Lipinski definition) is 6. The quantitative estimate of drug-likeness (QED) is 0.195. The number of nitrogens with two attached hydrogens (primary N) is 1. The van der Waals surface area contributed by atoms with E-state index in [2.05, 4.69) is 20.9 Å². The van der Waals surface area contributed by atoms with Crippen LogP contribution in [-0.4, -0.2) is 57.9 Å². The molecular formula is C29H37N5O5. The minimum absolute atomic E-state index is 0.0178. The predicted molar refractivity (Wildman–Crippen MR) is 149 cm³/mol. The average molecular weight is 536 g/mol. The van der Waals surface area contributed by atoms with Crippen molar-refractivity contribution in [2.75, 3.05) is 0 Å². The van der Waals surface area contributed by atoms with Gasteiger partial charge in [0.15, 0.2) is 0 Å². The van der Waals surface area contributed by atoms with E-state index in [0.29, 0.717) is 0 Å². The number of carboxylic acid groups (broad SMARTS) is 1. The number of nitrogens with one attached hydrogen (secondary N) is 4. The summed E-state index contributed by atoms with van der Waals surface area (Å²) in [5.41, 5.74) is 8.14. The zero-order valence-electron chi connectivity index (χ0n) is 22.4. The van der Waals surface area contributed by atoms with Crippen molar-refractivity contribution >= 4 is 34.6 Å². The lowest BCUT2D eigenvalue weighted by molar-refractivity contribution is -0.142. The van der Waals surface area contributed by atoms with E-state index >= 15 is 0 Å². The van der Waals surface area contributed by atoms with Crippen LogP contribution in [0, 0.1) is 5.92 Å². The molecule has 1 heterocycles. The van der Waals surface area contributed by atoms with Crippen molar-refractivity contribution in [3.05, 3.63) is 71.9 Å². The molecule has 0 aliphatic carbocycles. The lowest BCUT2D eigenvalue weighted by atomic mass is 10.00. The lowest BCUT2D eigenvalue weighted by Crippen LogP contribution is -2.57. The van der Waals surface area contributed by atoms with Gasteiger partial charge in [0.25, 0.3) is 0 Å². The number of aromatic amines is 1. The van der Waals surface area contributed by atoms with E-state index in [1.807, 2.05) is 68.4 Å². The van der Waals surface area contributed by atoms with Gasteiger partial charge in [0, 0.05) is 29.9 Å². The van der Waals surface area contributed by atoms with Crippen LogP contribution in [0.15, 0.2) is 60.8 Å². The lowest BCUT2D eigenvalue weighted by Gasteiger charge is -2.26. The summed E-state index contributed by atoms with van der Waals surface area (Å²) in [6, 6.07) is 12.6. The maximum absolute atomic E-state index is 13.4. The predicted octanol–water partition coefficient (Wildman–Crippen LogP) is 1.89. The molecule has 0 aliphatic rings. The van der Waals surface area contributed by atoms with Crippen molar-refractivity contribution in [1.29, 1.82) is 0 Å². The highest BCUT2D eigenvalue weighted by molar-refractivity contribution is 5.94. The van der Waals surface area contributed by atoms with Crippen LogP contribution in [-0.2, 0) is 32.0 Å². The molecule has 3 rings (SSSR count). The second kappa shape index (κ2) is 13.6. The monoisotopic (exact) mass is 535 g/mol. The van der Waals surface area contributed by atoms with Crippen LogP contribution in [0.5, 0.6) is 0 Å². The molecular weight excluding hydrogens is 498 g/mol. The molecule has 3 amide bonds. The fourth-order valence-electron chi connectivity index (χ4n) is 4.33. The van der Waals surface area contributed by atoms with Gasteiger partial charge in [0.1, 0.15) is 18.1 Å². The van der Waals surface area contributed by atoms with E-state index in [0.717, 1.165) is 22.0 Å². The van der Waals surface area contributed by atoms with Crippen LogP contribution in [0.3, 0.4) is 0 Å². The number of carbonyl (C=O) groups is 4. The molecule has 3 aromatic rings. The van der Waals surface area contributed by atoms with Crippen LogP contribution in [0.4, 0.5) is 0 Å². The fraction of sp³-hybridized carbons (Fsp3) is 0.379. The van der Waals surface area contributed by atoms with Gasteiger partial charge in [-0.3, -0.25) is 14.4 Å². The third-order valence-electron chi connectivity index (χ3n) is 6.38. The van der Waals surface area contributed by atoms with Crippen molar-refractivity contribution in [3.63, 3.8) is 0 Å². The Labute approximate surface area is 227 Å². The van der Waals surface area contributed by atoms with Crippen LogP contribution >= 0.6 is 0 Å². The molecule has 39 heavy (non-hydrogen) atoms. The maximum atomic E-state index is 13.4. The number of benzene rings is 2. The molecule has 10 heteroatoms. The summed E-state index contributed by atoms with van der Waals surface area (Å²) < 4.78 is 0. The Morgan fingerprint density at radius 1 is 0.795 bits per heavy atom. The number of aliphatic carboxylic acids is 1. The molecule has 1 aromatic heterocycles. The van der Waals surface area contributed by atoms with Crippen LogP contribution < -0.4 is 21.7 Å². The summed E-state index contributed by atoms with van der Waals surface area (Å²) in [5.74, 6) is -2.84. The molecule has 0 radical (unpaired) electrons. The zero-order chi connectivity index (χ0) is 28.5. The Bertz CT molecular complexity index is 1290. The van der Waals surface area contributed by atoms with Crippen molar-refractivity contribution in [3.8, 4) is 0 Å². The molecule has 0 fully saturated rings. The number of carbonyl (C=O) groups excluding carboxylic acids is 3. The van der Waals surface area contributed by atoms with E-state index in [1.165, 1.54) is 6.92 Å². The molecule has 0 saturated heterocycles. The second-order valence-electron chi connectivity index (χ2n) is 10.2. The molecule has 208 valence electrons. The number of rotatable bonds is 13. The number of aromatic nitrogens is 1. The minimum atomic E-state index is -1.21. The molecule has 7 N–H and O–H groups in total. The largest absolute Gasteiger partial charge is 0.480 e. The number of para-hydroxylation sites is 1. The summed E-state index contributed by atoms with van der Waals surface area (Å²) >= 11 is 0. The van der Waals surface area contributed by atoms with Crippen LogP contribution in [0.25, 0.3) is 10.9 Å². The number of amides is 3. The van der Waals surface area contributed by atoms with Crippen molar-refractivity contribution < 1.29 is 24.3 Å². The first kappa shape index (κ1) is 29.4. The Kier molecular flexibility index (Phi) is 10.2. The average Bonchev–Trinajstić information content (AvgIpc) is 3.30. The van der Waals surface area contributed by atoms with E-state index in [1.54, 1.807) is 6.20 Å². The Hall–Kier alpha value is -4.18. The van der Waals surface area contributed by atoms with Gasteiger partial charge >= 0.3 is 5.97 Å². The van der Waals surface area contributed by atoms with Crippen molar-refractivity contribution in [2.24, 2.45) is 11.7 Å². The van der Waals surface area contributed by atoms with Crippen LogP contribution in [0.2, 0.25) is 0 Å². The topological polar surface area (TPSA) is 166 Å². The van der Waals surface area contributed by atoms with Gasteiger partial charge in [0.2, 0.25) is 17.7 Å². The molecule has 4 atom stereocenters. The van der Waals surface area contributed by atoms with Gasteiger partial charge in [-0.2, -0.15) is 0 Å². The highest BCUT2D eigenvalue weighted by Gasteiger charge is 2.31. The van der Waals surface area contributed by atoms with Crippen molar-refractivity contribution in [1.82, 2.24) is 20.9 Å². The molecule has 0 spiro atoms. The standard InChI is InChI=1S/C29H37N5O5/c1-17(2)13-23(33-28(37)24(32-26(35)18(3)30)14-19-9-5-4-6-10-19)27(36)34-25(29(38)39)15-20-16-31-22-12-8-7-11-21(20)22/h4-12,16-18,23-25,31H,13-15,30H2,1-3H3,(H,32,35)(H,33,37)(H,34,36)(H,38,39). The smallest absolute Gasteiger partial charge is 0.326 e. The summed E-state index contributed by atoms with van der Waals surface area (Å²) in [5, 5.41) is 18.8. The first-order chi connectivity index (χ1) is 18.5. The van der Waals surface area contributed by atoms with Crippen molar-refractivity contribution in [2.45, 2.75) is 64.2 Å². The van der Waals surface area contributed by atoms with Gasteiger partial charge in [-0.15, -0.1) is 0 Å². The Balaban J connectivity index is 1.77. The number of fused-ring (bicyclic) bond motifs is 1. The molecule has 0 bridgehead atoms. The van der Waals surface area contributed by atoms with E-state index in [-0.39, 0.29) is 25.2 Å². The second-order valence-corrected chi connectivity index (χ2v) is 10.2. The van der Waals surface area contributed by atoms with Gasteiger partial charge in [0.05, 0.1) is 6.04 Å². The normalized spacial score (nSPS) is 14.3. The van der Waals surface area contributed by atoms with Gasteiger partial charge in [-0.05, 0) is 36.5 Å². The number of H-pyrrole nitrogens is 1. The third-order valence-corrected chi connectivity index (χ3v) is 6.38. The van der Waals surface area contributed by atoms with Gasteiger partial charge < -0.3 is 31.8 Å². The molecule has 10 nitrogen and oxygen atoms in total. The highest BCUT2D eigenvalue weighted by atomic mass is 16.4. The number of carboxylic acids is 1. The summed E-state index contributed by atoms with van der Waals surface area (Å²) in [6.07, 6.45) is 2.26. The third kappa shape index (κ3) is 8.41. The minimum Gasteiger partial charge on any atom is -0.480 e. The first-order valence-electron chi connectivity index (χ1n) is 13.0. The Morgan fingerprint density at radius 2 is 1.38 bits per heavy atom. The van der Waals surface area contributed by atoms with Crippen LogP contribution in [0.1, 0.15) is 38.3 Å². The van der Waals surface area contributed by atoms with E-state index in [4.69, 9.17) is 5.73 Å². The van der Waals surface area contributed by atoms with E-state index in [9.17, 15) is 24.3 Å². The van der Waals surface area contributed by atoms with Gasteiger partial charge in [-0.1, -0.05) is 62.4 Å². The molecule has 0 saturated carbocycles. The highest BCUT2D eigenvalue weighted by Crippen LogP contribution is 2.19. The SMILES string of the molecule is CC(C)CC(NC(=O)C(Cc1ccccc1)NC(=O)C(C)N)C(=O)NC(Cc1c[nH]c2ccccc12)C(=O)O. The summed E-state index contributed by atoms with van der Waals surface area (Å²) in [6.45, 7) is 5.31. The van der Waals surface area contributed by atoms with Gasteiger partial charge in [-0.25, -0.2) is 4.79 Å². The summed E-state index contributed by atoms with van der Waals surface area (Å²) in [4.78, 5) is 54.2. The first-order valence-corrected chi connectivity index (χ1v) is 13.0. The molecule has 4 unspecified atom stereocenters. The maximum Gasteiger partial charge on any atom is 0.326 e. The number of hydrogen-bond acceptors (Lipinski definition) is 5. The molecule has 2 aromatic carbocycles. The van der Waals surface area contributed by atoms with E-state index < -0.39 is 47.9 Å². The molecule has 0 aliphatic heterocycles. The Morgan fingerprint density at radius 3 is 2.03 bits per heavy atom. The fourth-order valence-corrected chi connectivity index (χ4v) is 4.33.